The Morgan fingerprint density at radius 3 is 2.86 bits per heavy atom. The number of aromatic nitrogens is 1. The first kappa shape index (κ1) is 15.9. The van der Waals surface area contributed by atoms with Crippen molar-refractivity contribution in [1.29, 1.82) is 0 Å². The zero-order valence-electron chi connectivity index (χ0n) is 13.0. The predicted octanol–water partition coefficient (Wildman–Crippen LogP) is 1.83. The molecule has 1 aliphatic rings. The number of rotatable bonds is 6. The summed E-state index contributed by atoms with van der Waals surface area (Å²) in [7, 11) is 1.38. The van der Waals surface area contributed by atoms with Crippen LogP contribution in [0.1, 0.15) is 42.4 Å². The van der Waals surface area contributed by atoms with E-state index in [4.69, 9.17) is 4.74 Å². The number of piperidine rings is 1. The summed E-state index contributed by atoms with van der Waals surface area (Å²) < 4.78 is 4.74. The first-order valence-electron chi connectivity index (χ1n) is 7.73. The predicted molar refractivity (Wildman–Crippen MR) is 82.2 cm³/mol. The van der Waals surface area contributed by atoms with Crippen LogP contribution >= 0.6 is 0 Å². The summed E-state index contributed by atoms with van der Waals surface area (Å²) in [5, 5.41) is 3.40. The van der Waals surface area contributed by atoms with Gasteiger partial charge in [0, 0.05) is 12.6 Å². The SMILES string of the molecule is CCCN(Cc1cccc(C(=O)OC)n1)C1CCNCC1. The molecule has 1 fully saturated rings. The van der Waals surface area contributed by atoms with Crippen LogP contribution in [0.15, 0.2) is 18.2 Å². The lowest BCUT2D eigenvalue weighted by Crippen LogP contribution is -2.43. The highest BCUT2D eigenvalue weighted by Gasteiger charge is 2.21. The molecule has 1 aromatic rings. The molecule has 5 nitrogen and oxygen atoms in total. The Labute approximate surface area is 126 Å². The fourth-order valence-corrected chi connectivity index (χ4v) is 2.84. The van der Waals surface area contributed by atoms with Crippen LogP contribution in [0.4, 0.5) is 0 Å². The molecule has 0 radical (unpaired) electrons. The van der Waals surface area contributed by atoms with Gasteiger partial charge >= 0.3 is 5.97 Å². The van der Waals surface area contributed by atoms with Crippen LogP contribution in [0.25, 0.3) is 0 Å². The lowest BCUT2D eigenvalue weighted by molar-refractivity contribution is 0.0593. The number of pyridine rings is 1. The van der Waals surface area contributed by atoms with Gasteiger partial charge in [-0.25, -0.2) is 9.78 Å². The van der Waals surface area contributed by atoms with Gasteiger partial charge in [0.2, 0.25) is 0 Å². The van der Waals surface area contributed by atoms with Crippen molar-refractivity contribution in [1.82, 2.24) is 15.2 Å². The van der Waals surface area contributed by atoms with E-state index in [0.717, 1.165) is 38.3 Å². The molecule has 1 N–H and O–H groups in total. The Bertz CT molecular complexity index is 459. The minimum Gasteiger partial charge on any atom is -0.464 e. The molecule has 0 atom stereocenters. The Balaban J connectivity index is 2.07. The van der Waals surface area contributed by atoms with Crippen LogP contribution in [0.5, 0.6) is 0 Å². The van der Waals surface area contributed by atoms with E-state index in [1.54, 1.807) is 6.07 Å². The standard InChI is InChI=1S/C16H25N3O2/c1-3-11-19(14-7-9-17-10-8-14)12-13-5-4-6-15(18-13)16(20)21-2/h4-6,14,17H,3,7-12H2,1-2H3. The second-order valence-corrected chi connectivity index (χ2v) is 5.46. The minimum atomic E-state index is -0.374. The highest BCUT2D eigenvalue weighted by Crippen LogP contribution is 2.15. The number of esters is 1. The van der Waals surface area contributed by atoms with Crippen LogP contribution in [-0.4, -0.2) is 48.6 Å². The van der Waals surface area contributed by atoms with E-state index in [-0.39, 0.29) is 5.97 Å². The van der Waals surface area contributed by atoms with Gasteiger partial charge in [-0.3, -0.25) is 4.90 Å². The third-order valence-corrected chi connectivity index (χ3v) is 3.90. The van der Waals surface area contributed by atoms with Gasteiger partial charge in [-0.05, 0) is 51.0 Å². The minimum absolute atomic E-state index is 0.374. The number of hydrogen-bond donors (Lipinski definition) is 1. The van der Waals surface area contributed by atoms with E-state index in [2.05, 4.69) is 22.1 Å². The van der Waals surface area contributed by atoms with Gasteiger partial charge in [-0.1, -0.05) is 13.0 Å². The molecule has 1 aliphatic heterocycles. The van der Waals surface area contributed by atoms with E-state index in [9.17, 15) is 4.79 Å². The molecule has 0 aliphatic carbocycles. The number of methoxy groups -OCH3 is 1. The molecule has 0 aromatic carbocycles. The molecule has 2 heterocycles. The third-order valence-electron chi connectivity index (χ3n) is 3.90. The number of carbonyl (C=O) groups excluding carboxylic acids is 1. The fourth-order valence-electron chi connectivity index (χ4n) is 2.84. The molecule has 0 spiro atoms. The smallest absolute Gasteiger partial charge is 0.356 e. The number of nitrogens with zero attached hydrogens (tertiary/aromatic N) is 2. The van der Waals surface area contributed by atoms with Gasteiger partial charge in [-0.15, -0.1) is 0 Å². The highest BCUT2D eigenvalue weighted by molar-refractivity contribution is 5.87. The molecule has 1 saturated heterocycles. The van der Waals surface area contributed by atoms with Crippen molar-refractivity contribution in [2.75, 3.05) is 26.7 Å². The van der Waals surface area contributed by atoms with Crippen LogP contribution in [0.3, 0.4) is 0 Å². The zero-order chi connectivity index (χ0) is 15.1. The van der Waals surface area contributed by atoms with Crippen LogP contribution in [0.2, 0.25) is 0 Å². The van der Waals surface area contributed by atoms with Crippen LogP contribution in [-0.2, 0) is 11.3 Å². The maximum absolute atomic E-state index is 11.6. The lowest BCUT2D eigenvalue weighted by atomic mass is 10.0. The van der Waals surface area contributed by atoms with Gasteiger partial charge in [0.25, 0.3) is 0 Å². The summed E-state index contributed by atoms with van der Waals surface area (Å²) in [5.74, 6) is -0.374. The quantitative estimate of drug-likeness (QED) is 0.810. The van der Waals surface area contributed by atoms with E-state index in [0.29, 0.717) is 11.7 Å². The highest BCUT2D eigenvalue weighted by atomic mass is 16.5. The van der Waals surface area contributed by atoms with Gasteiger partial charge in [0.05, 0.1) is 12.8 Å². The molecule has 1 aromatic heterocycles. The second-order valence-electron chi connectivity index (χ2n) is 5.46. The number of carbonyl (C=O) groups is 1. The number of hydrogen-bond acceptors (Lipinski definition) is 5. The average Bonchev–Trinajstić information content (AvgIpc) is 2.55. The van der Waals surface area contributed by atoms with Gasteiger partial charge in [0.1, 0.15) is 5.69 Å². The lowest BCUT2D eigenvalue weighted by Gasteiger charge is -2.34. The topological polar surface area (TPSA) is 54.5 Å². The molecule has 0 saturated carbocycles. The normalized spacial score (nSPS) is 16.1. The van der Waals surface area contributed by atoms with Crippen molar-refractivity contribution < 1.29 is 9.53 Å². The van der Waals surface area contributed by atoms with Gasteiger partial charge < -0.3 is 10.1 Å². The molecule has 2 rings (SSSR count). The van der Waals surface area contributed by atoms with Crippen molar-refractivity contribution in [3.8, 4) is 0 Å². The van der Waals surface area contributed by atoms with Gasteiger partial charge in [-0.2, -0.15) is 0 Å². The Morgan fingerprint density at radius 2 is 2.19 bits per heavy atom. The molecule has 0 unspecified atom stereocenters. The molecule has 0 bridgehead atoms. The van der Waals surface area contributed by atoms with Crippen LogP contribution < -0.4 is 5.32 Å². The van der Waals surface area contributed by atoms with Crippen LogP contribution in [0, 0.1) is 0 Å². The summed E-state index contributed by atoms with van der Waals surface area (Å²) in [6.45, 7) is 6.23. The second kappa shape index (κ2) is 8.10. The zero-order valence-corrected chi connectivity index (χ0v) is 13.0. The summed E-state index contributed by atoms with van der Waals surface area (Å²) >= 11 is 0. The summed E-state index contributed by atoms with van der Waals surface area (Å²) in [6.07, 6.45) is 3.48. The Morgan fingerprint density at radius 1 is 1.43 bits per heavy atom. The van der Waals surface area contributed by atoms with Gasteiger partial charge in [0.15, 0.2) is 0 Å². The van der Waals surface area contributed by atoms with Crippen molar-refractivity contribution in [3.63, 3.8) is 0 Å². The Kier molecular flexibility index (Phi) is 6.14. The Hall–Kier alpha value is -1.46. The summed E-state index contributed by atoms with van der Waals surface area (Å²) in [5.41, 5.74) is 1.32. The molecule has 0 amide bonds. The first-order chi connectivity index (χ1) is 10.2. The fraction of sp³-hybridized carbons (Fsp3) is 0.625. The maximum atomic E-state index is 11.6. The molecule has 5 heteroatoms. The summed E-state index contributed by atoms with van der Waals surface area (Å²) in [4.78, 5) is 18.5. The molecular formula is C16H25N3O2. The monoisotopic (exact) mass is 291 g/mol. The first-order valence-corrected chi connectivity index (χ1v) is 7.73. The van der Waals surface area contributed by atoms with E-state index in [1.807, 2.05) is 12.1 Å². The van der Waals surface area contributed by atoms with Crippen molar-refractivity contribution in [2.24, 2.45) is 0 Å². The third kappa shape index (κ3) is 4.51. The van der Waals surface area contributed by atoms with Crippen molar-refractivity contribution in [3.05, 3.63) is 29.6 Å². The maximum Gasteiger partial charge on any atom is 0.356 e. The van der Waals surface area contributed by atoms with E-state index < -0.39 is 0 Å². The van der Waals surface area contributed by atoms with Crippen molar-refractivity contribution in [2.45, 2.75) is 38.8 Å². The molecular weight excluding hydrogens is 266 g/mol. The van der Waals surface area contributed by atoms with E-state index >= 15 is 0 Å². The molecule has 21 heavy (non-hydrogen) atoms. The number of nitrogens with one attached hydrogen (secondary N) is 1. The van der Waals surface area contributed by atoms with Crippen molar-refractivity contribution >= 4 is 5.97 Å². The average molecular weight is 291 g/mol. The molecule has 116 valence electrons. The summed E-state index contributed by atoms with van der Waals surface area (Å²) in [6, 6.07) is 6.16. The van der Waals surface area contributed by atoms with E-state index in [1.165, 1.54) is 20.0 Å². The largest absolute Gasteiger partial charge is 0.464 e. The number of ether oxygens (including phenoxy) is 1.